The van der Waals surface area contributed by atoms with E-state index in [1.165, 1.54) is 5.56 Å². The quantitative estimate of drug-likeness (QED) is 0.540. The Morgan fingerprint density at radius 1 is 1.21 bits per heavy atom. The van der Waals surface area contributed by atoms with Crippen LogP contribution in [0.25, 0.3) is 11.5 Å². The van der Waals surface area contributed by atoms with E-state index in [9.17, 15) is 4.79 Å². The van der Waals surface area contributed by atoms with Crippen molar-refractivity contribution in [2.75, 3.05) is 20.2 Å². The molecule has 1 aromatic heterocycles. The highest BCUT2D eigenvalue weighted by atomic mass is 16.5. The maximum absolute atomic E-state index is 12.9. The minimum Gasteiger partial charge on any atom is -0.496 e. The van der Waals surface area contributed by atoms with E-state index in [0.717, 1.165) is 60.7 Å². The molecule has 4 rings (SSSR count). The third-order valence-electron chi connectivity index (χ3n) is 6.40. The van der Waals surface area contributed by atoms with Gasteiger partial charge in [-0.25, -0.2) is 4.98 Å². The molecular formula is C27H33N3O3. The summed E-state index contributed by atoms with van der Waals surface area (Å²) in [6, 6.07) is 16.2. The SMILES string of the molecule is CCc1ccc(-c2nc(CN3CCCC(C(=O)NCc4ccccc4OC)C3)c(C)o2)cc1. The molecule has 1 unspecified atom stereocenters. The molecule has 1 aliphatic heterocycles. The molecule has 2 aromatic carbocycles. The zero-order chi connectivity index (χ0) is 23.2. The standard InChI is InChI=1S/C27H33N3O3/c1-4-20-11-13-21(14-12-20)27-29-24(19(2)33-27)18-30-15-7-9-23(17-30)26(31)28-16-22-8-5-6-10-25(22)32-3/h5-6,8,10-14,23H,4,7,9,15-18H2,1-3H3,(H,28,31). The van der Waals surface area contributed by atoms with Crippen molar-refractivity contribution in [1.29, 1.82) is 0 Å². The van der Waals surface area contributed by atoms with Gasteiger partial charge >= 0.3 is 0 Å². The molecule has 0 bridgehead atoms. The van der Waals surface area contributed by atoms with Crippen molar-refractivity contribution < 1.29 is 13.9 Å². The van der Waals surface area contributed by atoms with Crippen molar-refractivity contribution in [2.45, 2.75) is 46.2 Å². The fraction of sp³-hybridized carbons (Fsp3) is 0.407. The fourth-order valence-corrected chi connectivity index (χ4v) is 4.38. The third kappa shape index (κ3) is 5.63. The Hall–Kier alpha value is -3.12. The van der Waals surface area contributed by atoms with Gasteiger partial charge in [0.15, 0.2) is 0 Å². The molecule has 0 radical (unpaired) electrons. The number of nitrogens with one attached hydrogen (secondary N) is 1. The van der Waals surface area contributed by atoms with Gasteiger partial charge < -0.3 is 14.5 Å². The van der Waals surface area contributed by atoms with Crippen LogP contribution in [0.4, 0.5) is 0 Å². The summed E-state index contributed by atoms with van der Waals surface area (Å²) >= 11 is 0. The van der Waals surface area contributed by atoms with E-state index >= 15 is 0 Å². The fourth-order valence-electron chi connectivity index (χ4n) is 4.38. The molecule has 2 heterocycles. The summed E-state index contributed by atoms with van der Waals surface area (Å²) in [4.78, 5) is 19.9. The van der Waals surface area contributed by atoms with Crippen molar-refractivity contribution in [3.8, 4) is 17.2 Å². The largest absolute Gasteiger partial charge is 0.496 e. The first-order chi connectivity index (χ1) is 16.1. The molecule has 1 atom stereocenters. The Balaban J connectivity index is 1.35. The molecule has 0 spiro atoms. The van der Waals surface area contributed by atoms with E-state index < -0.39 is 0 Å². The van der Waals surface area contributed by atoms with E-state index in [1.54, 1.807) is 7.11 Å². The van der Waals surface area contributed by atoms with Crippen LogP contribution >= 0.6 is 0 Å². The smallest absolute Gasteiger partial charge is 0.226 e. The van der Waals surface area contributed by atoms with Crippen LogP contribution in [0.15, 0.2) is 52.9 Å². The predicted octanol–water partition coefficient (Wildman–Crippen LogP) is 4.75. The average molecular weight is 448 g/mol. The number of rotatable bonds is 8. The Morgan fingerprint density at radius 3 is 2.76 bits per heavy atom. The number of aryl methyl sites for hydroxylation is 2. The normalized spacial score (nSPS) is 16.5. The first-order valence-electron chi connectivity index (χ1n) is 11.7. The van der Waals surface area contributed by atoms with Gasteiger partial charge in [-0.15, -0.1) is 0 Å². The molecule has 6 heteroatoms. The zero-order valence-corrected chi connectivity index (χ0v) is 19.8. The second-order valence-corrected chi connectivity index (χ2v) is 8.68. The van der Waals surface area contributed by atoms with E-state index in [0.29, 0.717) is 19.0 Å². The van der Waals surface area contributed by atoms with Crippen molar-refractivity contribution >= 4 is 5.91 Å². The summed E-state index contributed by atoms with van der Waals surface area (Å²) in [6.45, 7) is 6.97. The molecule has 1 saturated heterocycles. The lowest BCUT2D eigenvalue weighted by Gasteiger charge is -2.31. The van der Waals surface area contributed by atoms with Gasteiger partial charge in [-0.05, 0) is 56.5 Å². The van der Waals surface area contributed by atoms with Crippen LogP contribution in [0, 0.1) is 12.8 Å². The predicted molar refractivity (Wildman–Crippen MR) is 129 cm³/mol. The summed E-state index contributed by atoms with van der Waals surface area (Å²) in [6.07, 6.45) is 2.91. The van der Waals surface area contributed by atoms with Crippen LogP contribution in [-0.2, 0) is 24.3 Å². The number of piperidine rings is 1. The first-order valence-corrected chi connectivity index (χ1v) is 11.7. The number of carbonyl (C=O) groups excluding carboxylic acids is 1. The number of carbonyl (C=O) groups is 1. The van der Waals surface area contributed by atoms with Crippen LogP contribution < -0.4 is 10.1 Å². The molecule has 174 valence electrons. The summed E-state index contributed by atoms with van der Waals surface area (Å²) in [5, 5.41) is 3.09. The molecule has 1 amide bonds. The third-order valence-corrected chi connectivity index (χ3v) is 6.40. The van der Waals surface area contributed by atoms with Crippen molar-refractivity contribution in [3.63, 3.8) is 0 Å². The molecule has 1 N–H and O–H groups in total. The van der Waals surface area contributed by atoms with Gasteiger partial charge in [0.25, 0.3) is 0 Å². The number of hydrogen-bond donors (Lipinski definition) is 1. The number of nitrogens with zero attached hydrogens (tertiary/aromatic N) is 2. The van der Waals surface area contributed by atoms with Gasteiger partial charge in [-0.3, -0.25) is 9.69 Å². The number of para-hydroxylation sites is 1. The second-order valence-electron chi connectivity index (χ2n) is 8.68. The van der Waals surface area contributed by atoms with Crippen LogP contribution in [0.5, 0.6) is 5.75 Å². The average Bonchev–Trinajstić information content (AvgIpc) is 3.22. The molecule has 6 nitrogen and oxygen atoms in total. The summed E-state index contributed by atoms with van der Waals surface area (Å²) in [5.74, 6) is 2.37. The van der Waals surface area contributed by atoms with Gasteiger partial charge in [-0.1, -0.05) is 37.3 Å². The first kappa shape index (κ1) is 23.1. The minimum atomic E-state index is -0.0262. The van der Waals surface area contributed by atoms with Crippen LogP contribution in [0.1, 0.15) is 42.3 Å². The van der Waals surface area contributed by atoms with E-state index in [4.69, 9.17) is 14.1 Å². The number of amides is 1. The van der Waals surface area contributed by atoms with E-state index in [1.807, 2.05) is 31.2 Å². The minimum absolute atomic E-state index is 0.0262. The van der Waals surface area contributed by atoms with Crippen molar-refractivity contribution in [3.05, 3.63) is 71.1 Å². The molecule has 33 heavy (non-hydrogen) atoms. The molecule has 1 aliphatic rings. The lowest BCUT2D eigenvalue weighted by Crippen LogP contribution is -2.42. The molecular weight excluding hydrogens is 414 g/mol. The highest BCUT2D eigenvalue weighted by molar-refractivity contribution is 5.79. The highest BCUT2D eigenvalue weighted by Gasteiger charge is 2.27. The number of methoxy groups -OCH3 is 1. The monoisotopic (exact) mass is 447 g/mol. The number of oxazole rings is 1. The lowest BCUT2D eigenvalue weighted by atomic mass is 9.97. The van der Waals surface area contributed by atoms with E-state index in [2.05, 4.69) is 41.4 Å². The Bertz CT molecular complexity index is 1070. The molecule has 1 fully saturated rings. The van der Waals surface area contributed by atoms with Gasteiger partial charge in [-0.2, -0.15) is 0 Å². The van der Waals surface area contributed by atoms with Crippen molar-refractivity contribution in [2.24, 2.45) is 5.92 Å². The summed E-state index contributed by atoms with van der Waals surface area (Å²) in [7, 11) is 1.65. The highest BCUT2D eigenvalue weighted by Crippen LogP contribution is 2.25. The van der Waals surface area contributed by atoms with Crippen LogP contribution in [-0.4, -0.2) is 36.0 Å². The van der Waals surface area contributed by atoms with Gasteiger partial charge in [0.2, 0.25) is 11.8 Å². The number of aromatic nitrogens is 1. The maximum atomic E-state index is 12.9. The van der Waals surface area contributed by atoms with Crippen LogP contribution in [0.3, 0.4) is 0 Å². The Labute approximate surface area is 196 Å². The summed E-state index contributed by atoms with van der Waals surface area (Å²) in [5.41, 5.74) is 4.22. The Kier molecular flexibility index (Phi) is 7.45. The van der Waals surface area contributed by atoms with Gasteiger partial charge in [0.1, 0.15) is 11.5 Å². The maximum Gasteiger partial charge on any atom is 0.226 e. The Morgan fingerprint density at radius 2 is 2.00 bits per heavy atom. The topological polar surface area (TPSA) is 67.6 Å². The van der Waals surface area contributed by atoms with E-state index in [-0.39, 0.29) is 11.8 Å². The number of ether oxygens (including phenoxy) is 1. The lowest BCUT2D eigenvalue weighted by molar-refractivity contribution is -0.127. The summed E-state index contributed by atoms with van der Waals surface area (Å²) < 4.78 is 11.4. The van der Waals surface area contributed by atoms with Crippen molar-refractivity contribution in [1.82, 2.24) is 15.2 Å². The molecule has 3 aromatic rings. The second kappa shape index (κ2) is 10.7. The van der Waals surface area contributed by atoms with Gasteiger partial charge in [0.05, 0.1) is 18.7 Å². The van der Waals surface area contributed by atoms with Gasteiger partial charge in [0, 0.05) is 30.8 Å². The molecule has 0 aliphatic carbocycles. The zero-order valence-electron chi connectivity index (χ0n) is 19.8. The van der Waals surface area contributed by atoms with Crippen LogP contribution in [0.2, 0.25) is 0 Å². The molecule has 0 saturated carbocycles. The number of benzene rings is 2. The number of likely N-dealkylation sites (tertiary alicyclic amines) is 1. The number of hydrogen-bond acceptors (Lipinski definition) is 5.